The van der Waals surface area contributed by atoms with E-state index in [9.17, 15) is 13.0 Å². The minimum atomic E-state index is -5.04. The van der Waals surface area contributed by atoms with Gasteiger partial charge >= 0.3 is 51.4 Å². The smallest absolute Gasteiger partial charge is 0.736 e. The van der Waals surface area contributed by atoms with Crippen LogP contribution in [0.5, 0.6) is 0 Å². The first-order valence-corrected chi connectivity index (χ1v) is 4.24. The largest absolute Gasteiger partial charge is 1.00 e. The SMILES string of the molecule is O=[SH](=O)S(=O)(=O)[O-].[K+]. The number of hydrogen-bond acceptors (Lipinski definition) is 5. The van der Waals surface area contributed by atoms with Gasteiger partial charge in [-0.3, -0.25) is 0 Å². The van der Waals surface area contributed by atoms with Gasteiger partial charge < -0.3 is 4.55 Å². The topological polar surface area (TPSA) is 91.3 Å². The summed E-state index contributed by atoms with van der Waals surface area (Å²) in [6.45, 7) is 0. The predicted octanol–water partition coefficient (Wildman–Crippen LogP) is -4.94. The zero-order valence-corrected chi connectivity index (χ0v) is 8.73. The van der Waals surface area contributed by atoms with Crippen LogP contribution in [-0.2, 0) is 18.9 Å². The van der Waals surface area contributed by atoms with Gasteiger partial charge in [0, 0.05) is 0 Å². The van der Waals surface area contributed by atoms with Gasteiger partial charge in [0.15, 0.2) is 9.15 Å². The van der Waals surface area contributed by atoms with Gasteiger partial charge in [-0.15, -0.1) is 0 Å². The Morgan fingerprint density at radius 3 is 1.38 bits per heavy atom. The molecule has 8 heavy (non-hydrogen) atoms. The van der Waals surface area contributed by atoms with E-state index in [1.54, 1.807) is 0 Å². The van der Waals surface area contributed by atoms with Crippen LogP contribution < -0.4 is 51.4 Å². The summed E-state index contributed by atoms with van der Waals surface area (Å²) in [5, 5.41) is 0. The molecule has 0 aliphatic carbocycles. The fraction of sp³-hybridized carbons (Fsp3) is 0. The van der Waals surface area contributed by atoms with Crippen molar-refractivity contribution in [3.8, 4) is 0 Å². The predicted molar refractivity (Wildman–Crippen MR) is 20.0 cm³/mol. The van der Waals surface area contributed by atoms with Crippen molar-refractivity contribution in [3.63, 3.8) is 0 Å². The van der Waals surface area contributed by atoms with Crippen molar-refractivity contribution in [1.82, 2.24) is 0 Å². The molecule has 8 heteroatoms. The summed E-state index contributed by atoms with van der Waals surface area (Å²) in [7, 11) is -8.86. The Bertz CT molecular complexity index is 199. The summed E-state index contributed by atoms with van der Waals surface area (Å²) < 4.78 is 45.9. The Kier molecular flexibility index (Phi) is 6.61. The normalized spacial score (nSPS) is 10.8. The molecule has 0 unspecified atom stereocenters. The summed E-state index contributed by atoms with van der Waals surface area (Å²) in [6, 6.07) is 0. The molecule has 0 amide bonds. The molecule has 0 aromatic carbocycles. The molecule has 0 saturated carbocycles. The Balaban J connectivity index is 0. The molecule has 0 heterocycles. The molecule has 0 rings (SSSR count). The zero-order chi connectivity index (χ0) is 6.08. The van der Waals surface area contributed by atoms with Crippen LogP contribution >= 0.6 is 0 Å². The van der Waals surface area contributed by atoms with Gasteiger partial charge in [-0.1, -0.05) is 0 Å². The molecule has 0 bridgehead atoms. The summed E-state index contributed by atoms with van der Waals surface area (Å²) >= 11 is 0. The number of rotatable bonds is 1. The standard InChI is InChI=1S/K.H2O5S2/c;1-6(2)7(3,4)5/h;6H,(H,3,4,5)/q+1;/p-1. The van der Waals surface area contributed by atoms with Crippen LogP contribution in [0.25, 0.3) is 0 Å². The van der Waals surface area contributed by atoms with E-state index in [0.717, 1.165) is 0 Å². The molecule has 5 nitrogen and oxygen atoms in total. The maximum Gasteiger partial charge on any atom is 1.00 e. The van der Waals surface area contributed by atoms with Crippen molar-refractivity contribution in [2.24, 2.45) is 0 Å². The van der Waals surface area contributed by atoms with Gasteiger partial charge in [-0.2, -0.15) is 0 Å². The molecular formula is HKO5S2. The molecule has 0 aromatic rings. The summed E-state index contributed by atoms with van der Waals surface area (Å²) in [6.07, 6.45) is 0. The monoisotopic (exact) mass is 184 g/mol. The third kappa shape index (κ3) is 5.63. The molecule has 0 aliphatic rings. The maximum absolute atomic E-state index is 9.18. The first-order valence-electron chi connectivity index (χ1n) is 1.05. The average molecular weight is 184 g/mol. The number of hydrogen-bond donors (Lipinski definition) is 1. The first-order chi connectivity index (χ1) is 2.94. The van der Waals surface area contributed by atoms with E-state index in [-0.39, 0.29) is 51.4 Å². The molecule has 0 saturated heterocycles. The van der Waals surface area contributed by atoms with Crippen molar-refractivity contribution < 1.29 is 72.8 Å². The Labute approximate surface area is 90.0 Å². The maximum atomic E-state index is 9.18. The molecule has 0 N–H and O–H groups in total. The summed E-state index contributed by atoms with van der Waals surface area (Å²) in [4.78, 5) is 0. The van der Waals surface area contributed by atoms with Crippen molar-refractivity contribution >= 4 is 18.9 Å². The van der Waals surface area contributed by atoms with E-state index < -0.39 is 18.9 Å². The van der Waals surface area contributed by atoms with Crippen LogP contribution in [0.15, 0.2) is 0 Å². The van der Waals surface area contributed by atoms with E-state index in [1.165, 1.54) is 0 Å². The first kappa shape index (κ1) is 12.2. The van der Waals surface area contributed by atoms with Crippen molar-refractivity contribution in [1.29, 1.82) is 0 Å². The van der Waals surface area contributed by atoms with E-state index in [2.05, 4.69) is 0 Å². The molecule has 0 spiro atoms. The molecule has 0 aliphatic heterocycles. The van der Waals surface area contributed by atoms with E-state index in [1.807, 2.05) is 0 Å². The van der Waals surface area contributed by atoms with Crippen molar-refractivity contribution in [2.75, 3.05) is 0 Å². The van der Waals surface area contributed by atoms with Crippen LogP contribution in [0.1, 0.15) is 0 Å². The molecule has 0 aromatic heterocycles. The second-order valence-corrected chi connectivity index (χ2v) is 4.19. The fourth-order valence-corrected chi connectivity index (χ4v) is 0. The van der Waals surface area contributed by atoms with Crippen LogP contribution in [0.3, 0.4) is 0 Å². The van der Waals surface area contributed by atoms with Gasteiger partial charge in [0.2, 0.25) is 9.74 Å². The average Bonchev–Trinajstić information content (AvgIpc) is 1.31. The van der Waals surface area contributed by atoms with Gasteiger partial charge in [-0.05, 0) is 0 Å². The Hall–Kier alpha value is 1.50. The summed E-state index contributed by atoms with van der Waals surface area (Å²) in [5.41, 5.74) is 0. The number of thiol groups is 1. The van der Waals surface area contributed by atoms with Crippen LogP contribution in [-0.4, -0.2) is 21.4 Å². The van der Waals surface area contributed by atoms with Crippen LogP contribution in [0.4, 0.5) is 0 Å². The minimum absolute atomic E-state index is 0. The molecule has 0 radical (unpaired) electrons. The van der Waals surface area contributed by atoms with E-state index in [4.69, 9.17) is 8.42 Å². The third-order valence-corrected chi connectivity index (χ3v) is 1.64. The van der Waals surface area contributed by atoms with E-state index in [0.29, 0.717) is 0 Å². The Morgan fingerprint density at radius 1 is 1.25 bits per heavy atom. The molecular weight excluding hydrogens is 183 g/mol. The van der Waals surface area contributed by atoms with E-state index >= 15 is 0 Å². The quantitative estimate of drug-likeness (QED) is 0.191. The van der Waals surface area contributed by atoms with Crippen LogP contribution in [0, 0.1) is 0 Å². The molecule has 44 valence electrons. The van der Waals surface area contributed by atoms with Gasteiger partial charge in [0.05, 0.1) is 0 Å². The Morgan fingerprint density at radius 2 is 1.38 bits per heavy atom. The van der Waals surface area contributed by atoms with Crippen molar-refractivity contribution in [2.45, 2.75) is 0 Å². The van der Waals surface area contributed by atoms with Crippen molar-refractivity contribution in [3.05, 3.63) is 0 Å². The summed E-state index contributed by atoms with van der Waals surface area (Å²) in [5.74, 6) is 0. The second-order valence-electron chi connectivity index (χ2n) is 0.651. The van der Waals surface area contributed by atoms with Gasteiger partial charge in [0.1, 0.15) is 0 Å². The minimum Gasteiger partial charge on any atom is -0.736 e. The molecule has 0 atom stereocenters. The fourth-order valence-electron chi connectivity index (χ4n) is 0. The van der Waals surface area contributed by atoms with Gasteiger partial charge in [-0.25, -0.2) is 16.8 Å². The molecule has 0 fully saturated rings. The third-order valence-electron chi connectivity index (χ3n) is 0.183. The zero-order valence-electron chi connectivity index (χ0n) is 3.90. The van der Waals surface area contributed by atoms with Gasteiger partial charge in [0.25, 0.3) is 0 Å². The van der Waals surface area contributed by atoms with Crippen LogP contribution in [0.2, 0.25) is 0 Å². The second kappa shape index (κ2) is 4.33.